The van der Waals surface area contributed by atoms with E-state index in [0.29, 0.717) is 13.1 Å². The number of rotatable bonds is 11. The Bertz CT molecular complexity index is 312. The van der Waals surface area contributed by atoms with Gasteiger partial charge >= 0.3 is 0 Å². The number of ether oxygens (including phenoxy) is 1. The molecule has 0 aromatic heterocycles. The van der Waals surface area contributed by atoms with Crippen LogP contribution in [0.1, 0.15) is 71.1 Å². The number of hydrogen-bond acceptors (Lipinski definition) is 2. The second-order valence-corrected chi connectivity index (χ2v) is 4.55. The Kier molecular flexibility index (Phi) is 15.4. The summed E-state index contributed by atoms with van der Waals surface area (Å²) in [5.41, 5.74) is 0. The van der Waals surface area contributed by atoms with Gasteiger partial charge in [-0.1, -0.05) is 50.9 Å². The lowest BCUT2D eigenvalue weighted by molar-refractivity contribution is -0.128. The summed E-state index contributed by atoms with van der Waals surface area (Å²) < 4.78 is 4.63. The molecule has 0 aliphatic carbocycles. The number of carbonyl (C=O) groups excluding carboxylic acids is 1. The van der Waals surface area contributed by atoms with Crippen LogP contribution in [-0.2, 0) is 9.53 Å². The molecule has 0 saturated carbocycles. The minimum atomic E-state index is 0.521. The standard InChI is InChI=1S/C17H26O2/c1-2-3-4-5-6-7-8-9-10-11-12-13-14-15-16-19-17-18/h17H,2-3,8-16H2,1H3. The zero-order chi connectivity index (χ0) is 14.0. The Morgan fingerprint density at radius 2 is 1.42 bits per heavy atom. The highest BCUT2D eigenvalue weighted by molar-refractivity contribution is 5.36. The molecule has 0 amide bonds. The van der Waals surface area contributed by atoms with Crippen LogP contribution in [-0.4, -0.2) is 13.1 Å². The molecule has 0 fully saturated rings. The van der Waals surface area contributed by atoms with Crippen molar-refractivity contribution in [3.05, 3.63) is 0 Å². The van der Waals surface area contributed by atoms with Crippen LogP contribution in [0.15, 0.2) is 0 Å². The highest BCUT2D eigenvalue weighted by atomic mass is 16.5. The summed E-state index contributed by atoms with van der Waals surface area (Å²) in [5.74, 6) is 11.9. The minimum Gasteiger partial charge on any atom is -0.468 e. The van der Waals surface area contributed by atoms with E-state index < -0.39 is 0 Å². The van der Waals surface area contributed by atoms with Crippen LogP contribution < -0.4 is 0 Å². The Morgan fingerprint density at radius 3 is 2.05 bits per heavy atom. The quantitative estimate of drug-likeness (QED) is 0.318. The molecule has 0 aliphatic heterocycles. The van der Waals surface area contributed by atoms with E-state index in [4.69, 9.17) is 0 Å². The highest BCUT2D eigenvalue weighted by Gasteiger charge is 1.91. The van der Waals surface area contributed by atoms with Gasteiger partial charge in [-0.2, -0.15) is 0 Å². The first kappa shape index (κ1) is 17.6. The van der Waals surface area contributed by atoms with Gasteiger partial charge in [0.25, 0.3) is 6.47 Å². The lowest BCUT2D eigenvalue weighted by Gasteiger charge is -2.00. The molecule has 2 nitrogen and oxygen atoms in total. The smallest absolute Gasteiger partial charge is 0.293 e. The first-order chi connectivity index (χ1) is 9.41. The topological polar surface area (TPSA) is 26.3 Å². The van der Waals surface area contributed by atoms with Crippen molar-refractivity contribution in [2.24, 2.45) is 0 Å². The molecule has 0 N–H and O–H groups in total. The fourth-order valence-electron chi connectivity index (χ4n) is 1.67. The lowest BCUT2D eigenvalue weighted by atomic mass is 10.1. The largest absolute Gasteiger partial charge is 0.468 e. The molecule has 0 bridgehead atoms. The van der Waals surface area contributed by atoms with Gasteiger partial charge in [0, 0.05) is 12.8 Å². The highest BCUT2D eigenvalue weighted by Crippen LogP contribution is 2.08. The van der Waals surface area contributed by atoms with E-state index in [9.17, 15) is 4.79 Å². The first-order valence-corrected chi connectivity index (χ1v) is 7.42. The van der Waals surface area contributed by atoms with E-state index in [2.05, 4.69) is 35.3 Å². The van der Waals surface area contributed by atoms with Crippen LogP contribution in [0.3, 0.4) is 0 Å². The second-order valence-electron chi connectivity index (χ2n) is 4.55. The third-order valence-corrected chi connectivity index (χ3v) is 2.75. The average Bonchev–Trinajstić information content (AvgIpc) is 2.43. The summed E-state index contributed by atoms with van der Waals surface area (Å²) in [6, 6.07) is 0. The van der Waals surface area contributed by atoms with Crippen molar-refractivity contribution in [2.45, 2.75) is 71.1 Å². The Labute approximate surface area is 118 Å². The van der Waals surface area contributed by atoms with Gasteiger partial charge in [-0.15, -0.1) is 0 Å². The summed E-state index contributed by atoms with van der Waals surface area (Å²) in [6.07, 6.45) is 11.4. The van der Waals surface area contributed by atoms with Gasteiger partial charge in [0.15, 0.2) is 0 Å². The minimum absolute atomic E-state index is 0.521. The third-order valence-electron chi connectivity index (χ3n) is 2.75. The second kappa shape index (κ2) is 16.6. The molecular formula is C17H26O2. The maximum atomic E-state index is 9.90. The van der Waals surface area contributed by atoms with E-state index in [-0.39, 0.29) is 0 Å². The normalized spacial score (nSPS) is 8.89. The molecule has 19 heavy (non-hydrogen) atoms. The first-order valence-electron chi connectivity index (χ1n) is 7.42. The van der Waals surface area contributed by atoms with Gasteiger partial charge < -0.3 is 4.74 Å². The van der Waals surface area contributed by atoms with Gasteiger partial charge in [0.05, 0.1) is 6.61 Å². The molecule has 0 atom stereocenters. The van der Waals surface area contributed by atoms with Crippen LogP contribution in [0, 0.1) is 23.7 Å². The zero-order valence-corrected chi connectivity index (χ0v) is 12.2. The van der Waals surface area contributed by atoms with Crippen molar-refractivity contribution in [1.29, 1.82) is 0 Å². The van der Waals surface area contributed by atoms with E-state index in [0.717, 1.165) is 32.1 Å². The SMILES string of the molecule is CCCC#CC#CCCCCCCCCCOC=O. The van der Waals surface area contributed by atoms with Gasteiger partial charge in [-0.25, -0.2) is 0 Å². The molecule has 0 spiro atoms. The van der Waals surface area contributed by atoms with Crippen molar-refractivity contribution in [3.63, 3.8) is 0 Å². The Balaban J connectivity index is 3.15. The summed E-state index contributed by atoms with van der Waals surface area (Å²) in [4.78, 5) is 9.90. The van der Waals surface area contributed by atoms with Crippen LogP contribution in [0.2, 0.25) is 0 Å². The fraction of sp³-hybridized carbons (Fsp3) is 0.706. The maximum absolute atomic E-state index is 9.90. The van der Waals surface area contributed by atoms with Gasteiger partial charge in [-0.05, 0) is 31.1 Å². The van der Waals surface area contributed by atoms with E-state index in [1.54, 1.807) is 0 Å². The van der Waals surface area contributed by atoms with Crippen molar-refractivity contribution in [3.8, 4) is 23.7 Å². The van der Waals surface area contributed by atoms with Crippen molar-refractivity contribution < 1.29 is 9.53 Å². The van der Waals surface area contributed by atoms with Gasteiger partial charge in [0.2, 0.25) is 0 Å². The van der Waals surface area contributed by atoms with E-state index in [1.807, 2.05) is 0 Å². The van der Waals surface area contributed by atoms with Crippen LogP contribution in [0.5, 0.6) is 0 Å². The summed E-state index contributed by atoms with van der Waals surface area (Å²) in [7, 11) is 0. The lowest BCUT2D eigenvalue weighted by Crippen LogP contribution is -1.91. The summed E-state index contributed by atoms with van der Waals surface area (Å²) >= 11 is 0. The van der Waals surface area contributed by atoms with Gasteiger partial charge in [-0.3, -0.25) is 4.79 Å². The molecule has 2 heteroatoms. The molecule has 0 heterocycles. The molecule has 0 saturated heterocycles. The molecular weight excluding hydrogens is 236 g/mol. The molecule has 0 radical (unpaired) electrons. The fourth-order valence-corrected chi connectivity index (χ4v) is 1.67. The van der Waals surface area contributed by atoms with Crippen molar-refractivity contribution >= 4 is 6.47 Å². The average molecular weight is 262 g/mol. The van der Waals surface area contributed by atoms with E-state index >= 15 is 0 Å². The van der Waals surface area contributed by atoms with E-state index in [1.165, 1.54) is 32.1 Å². The van der Waals surface area contributed by atoms with Crippen molar-refractivity contribution in [1.82, 2.24) is 0 Å². The predicted octanol–water partition coefficient (Wildman–Crippen LogP) is 4.09. The van der Waals surface area contributed by atoms with Crippen LogP contribution in [0.25, 0.3) is 0 Å². The monoisotopic (exact) mass is 262 g/mol. The Hall–Kier alpha value is -1.41. The molecule has 0 aromatic carbocycles. The maximum Gasteiger partial charge on any atom is 0.293 e. The molecule has 0 unspecified atom stereocenters. The molecule has 0 aliphatic rings. The number of unbranched alkanes of at least 4 members (excludes halogenated alkanes) is 8. The summed E-state index contributed by atoms with van der Waals surface area (Å²) in [5, 5.41) is 0. The predicted molar refractivity (Wildman–Crippen MR) is 79.4 cm³/mol. The molecule has 106 valence electrons. The third kappa shape index (κ3) is 16.6. The number of carbonyl (C=O) groups is 1. The van der Waals surface area contributed by atoms with Crippen molar-refractivity contribution in [2.75, 3.05) is 6.61 Å². The summed E-state index contributed by atoms with van der Waals surface area (Å²) in [6.45, 7) is 3.21. The number of hydrogen-bond donors (Lipinski definition) is 0. The van der Waals surface area contributed by atoms with Gasteiger partial charge in [0.1, 0.15) is 0 Å². The Morgan fingerprint density at radius 1 is 0.842 bits per heavy atom. The molecule has 0 rings (SSSR count). The zero-order valence-electron chi connectivity index (χ0n) is 12.2. The van der Waals surface area contributed by atoms with Crippen LogP contribution >= 0.6 is 0 Å². The van der Waals surface area contributed by atoms with Crippen LogP contribution in [0.4, 0.5) is 0 Å². The molecule has 0 aromatic rings.